The molecule has 1 aliphatic carbocycles. The molecule has 0 amide bonds. The van der Waals surface area contributed by atoms with Crippen molar-refractivity contribution in [2.24, 2.45) is 5.92 Å². The van der Waals surface area contributed by atoms with Crippen LogP contribution in [0.2, 0.25) is 0 Å². The number of aliphatic hydroxyl groups excluding tert-OH is 9. The Morgan fingerprint density at radius 2 is 0.681 bits per heavy atom. The summed E-state index contributed by atoms with van der Waals surface area (Å²) in [6, 6.07) is 0. The maximum Gasteiger partial charge on any atom is 0.472 e. The van der Waals surface area contributed by atoms with Crippen molar-refractivity contribution in [3.05, 3.63) is 12.2 Å². The summed E-state index contributed by atoms with van der Waals surface area (Å²) in [5.74, 6) is -2.30. The van der Waals surface area contributed by atoms with Crippen LogP contribution < -0.4 is 0 Å². The van der Waals surface area contributed by atoms with Crippen molar-refractivity contribution in [1.29, 1.82) is 0 Å². The van der Waals surface area contributed by atoms with Crippen LogP contribution in [-0.4, -0.2) is 205 Å². The summed E-state index contributed by atoms with van der Waals surface area (Å²) in [6.45, 7) is 7.94. The molecule has 0 aromatic heterocycles. The second-order valence-electron chi connectivity index (χ2n) is 34.9. The highest BCUT2D eigenvalue weighted by Crippen LogP contribution is 2.49. The summed E-state index contributed by atoms with van der Waals surface area (Å²) in [6.07, 6.45) is 29.1. The van der Waals surface area contributed by atoms with Crippen LogP contribution in [0.3, 0.4) is 0 Å². The summed E-state index contributed by atoms with van der Waals surface area (Å²) in [7, 11) is -5.81. The molecule has 19 atom stereocenters. The zero-order chi connectivity index (χ0) is 86.9. The van der Waals surface area contributed by atoms with Crippen LogP contribution in [0.4, 0.5) is 0 Å². The van der Waals surface area contributed by atoms with Crippen LogP contribution in [0, 0.1) is 5.92 Å². The largest absolute Gasteiger partial charge is 0.472 e. The first-order chi connectivity index (χ1) is 57.6. The van der Waals surface area contributed by atoms with E-state index in [1.807, 2.05) is 0 Å². The van der Waals surface area contributed by atoms with Gasteiger partial charge in [-0.3, -0.25) is 28.2 Å². The first kappa shape index (κ1) is 110. The molecule has 0 bridgehead atoms. The fourth-order valence-corrected chi connectivity index (χ4v) is 17.1. The van der Waals surface area contributed by atoms with Gasteiger partial charge in [-0.2, -0.15) is 0 Å². The Morgan fingerprint density at radius 1 is 0.353 bits per heavy atom. The van der Waals surface area contributed by atoms with E-state index in [2.05, 4.69) is 46.8 Å². The third-order valence-corrected chi connectivity index (χ3v) is 24.9. The smallest absolute Gasteiger partial charge is 0.463 e. The van der Waals surface area contributed by atoms with E-state index in [0.29, 0.717) is 44.4 Å². The Balaban J connectivity index is 1.92. The lowest BCUT2D eigenvalue weighted by Gasteiger charge is -2.50. The van der Waals surface area contributed by atoms with E-state index in [4.69, 9.17) is 46.9 Å². The minimum Gasteiger partial charge on any atom is -0.463 e. The number of unbranched alkanes of at least 4 members (excludes halogenated alkanes) is 48. The molecular weight excluding hydrogens is 1550 g/mol. The van der Waals surface area contributed by atoms with E-state index >= 15 is 0 Å². The quantitative estimate of drug-likeness (QED) is 0.00889. The average Bonchev–Trinajstić information content (AvgIpc) is 0.754. The Kier molecular flexibility index (Phi) is 66.1. The first-order valence-corrected chi connectivity index (χ1v) is 49.8. The predicted octanol–water partition coefficient (Wildman–Crippen LogP) is 18.2. The first-order valence-electron chi connectivity index (χ1n) is 48.3. The van der Waals surface area contributed by atoms with Gasteiger partial charge in [-0.25, -0.2) is 4.57 Å². The SMILES string of the molecule is CCCCCCCC/C=C\CCCCCC(=O)OCC1OC(OC2C(OC(=O)CCCCCCCCCCCCCCCCC)C(O)C(O)C(OC3OC(CO)C(O)C(O)C3O)C2OP(=O)(O)OCC(COC(=O)CCCCCCCCCCCCCCCCCC)OC(=O)CCCCCCCCC(C)CCCCCCCC)C(O)C(O)C1O. The van der Waals surface area contributed by atoms with Gasteiger partial charge in [-0.1, -0.05) is 355 Å². The van der Waals surface area contributed by atoms with Crippen molar-refractivity contribution in [2.45, 2.75) is 524 Å². The molecule has 2 heterocycles. The fourth-order valence-electron chi connectivity index (χ4n) is 16.1. The van der Waals surface area contributed by atoms with Gasteiger partial charge in [0.15, 0.2) is 24.8 Å². The molecule has 2 aliphatic heterocycles. The van der Waals surface area contributed by atoms with Crippen molar-refractivity contribution in [3.8, 4) is 0 Å². The van der Waals surface area contributed by atoms with Crippen molar-refractivity contribution in [3.63, 3.8) is 0 Å². The van der Waals surface area contributed by atoms with Gasteiger partial charge >= 0.3 is 31.7 Å². The fraction of sp³-hybridized carbons (Fsp3) is 0.935. The van der Waals surface area contributed by atoms with Crippen molar-refractivity contribution in [2.75, 3.05) is 26.4 Å². The minimum atomic E-state index is -5.81. The zero-order valence-corrected chi connectivity index (χ0v) is 75.7. The molecule has 1 saturated carbocycles. The summed E-state index contributed by atoms with van der Waals surface area (Å²) in [5, 5.41) is 102. The molecule has 3 aliphatic rings. The second-order valence-corrected chi connectivity index (χ2v) is 36.3. The Hall–Kier alpha value is -2.79. The lowest BCUT2D eigenvalue weighted by molar-refractivity contribution is -0.360. The molecule has 0 radical (unpaired) electrons. The van der Waals surface area contributed by atoms with Crippen LogP contribution in [0.25, 0.3) is 0 Å². The van der Waals surface area contributed by atoms with Crippen LogP contribution in [-0.2, 0) is 70.7 Å². The van der Waals surface area contributed by atoms with Gasteiger partial charge in [0.1, 0.15) is 92.6 Å². The maximum atomic E-state index is 14.9. The molecule has 3 rings (SSSR count). The summed E-state index contributed by atoms with van der Waals surface area (Å²) in [5.41, 5.74) is 0. The van der Waals surface area contributed by atoms with E-state index in [1.54, 1.807) is 0 Å². The number of hydrogen-bond donors (Lipinski definition) is 10. The van der Waals surface area contributed by atoms with Crippen molar-refractivity contribution in [1.82, 2.24) is 0 Å². The number of ether oxygens (including phenoxy) is 8. The number of rotatable bonds is 78. The highest BCUT2D eigenvalue weighted by molar-refractivity contribution is 7.47. The van der Waals surface area contributed by atoms with E-state index < -0.39 is 162 Å². The molecule has 25 nitrogen and oxygen atoms in total. The predicted molar refractivity (Wildman–Crippen MR) is 463 cm³/mol. The highest BCUT2D eigenvalue weighted by Gasteiger charge is 2.60. The van der Waals surface area contributed by atoms with Gasteiger partial charge in [-0.05, 0) is 57.3 Å². The molecule has 26 heteroatoms. The zero-order valence-electron chi connectivity index (χ0n) is 74.8. The molecule has 19 unspecified atom stereocenters. The number of carbonyl (C=O) groups is 4. The number of phosphoric acid groups is 1. The third kappa shape index (κ3) is 51.6. The van der Waals surface area contributed by atoms with Crippen LogP contribution >= 0.6 is 7.82 Å². The van der Waals surface area contributed by atoms with Gasteiger partial charge in [0.05, 0.1) is 13.2 Å². The third-order valence-electron chi connectivity index (χ3n) is 23.9. The van der Waals surface area contributed by atoms with Crippen LogP contribution in [0.1, 0.15) is 420 Å². The van der Waals surface area contributed by atoms with Crippen LogP contribution in [0.5, 0.6) is 0 Å². The topological polar surface area (TPSA) is 380 Å². The molecule has 119 heavy (non-hydrogen) atoms. The monoisotopic (exact) mass is 1720 g/mol. The average molecular weight is 1720 g/mol. The second kappa shape index (κ2) is 71.3. The summed E-state index contributed by atoms with van der Waals surface area (Å²) in [4.78, 5) is 66.6. The van der Waals surface area contributed by atoms with Gasteiger partial charge < -0.3 is 88.7 Å². The molecule has 0 spiro atoms. The van der Waals surface area contributed by atoms with E-state index in [1.165, 1.54) is 199 Å². The van der Waals surface area contributed by atoms with E-state index in [0.717, 1.165) is 122 Å². The summed E-state index contributed by atoms with van der Waals surface area (Å²) >= 11 is 0. The number of phosphoric ester groups is 1. The molecule has 0 aromatic rings. The molecular formula is C93H173O25P. The van der Waals surface area contributed by atoms with E-state index in [9.17, 15) is 74.6 Å². The number of hydrogen-bond acceptors (Lipinski definition) is 24. The van der Waals surface area contributed by atoms with Gasteiger partial charge in [-0.15, -0.1) is 0 Å². The summed E-state index contributed by atoms with van der Waals surface area (Å²) < 4.78 is 73.5. The molecule has 700 valence electrons. The maximum absolute atomic E-state index is 14.9. The lowest BCUT2D eigenvalue weighted by Crippen LogP contribution is -2.70. The van der Waals surface area contributed by atoms with Gasteiger partial charge in [0, 0.05) is 25.7 Å². The van der Waals surface area contributed by atoms with E-state index in [-0.39, 0.29) is 25.7 Å². The highest BCUT2D eigenvalue weighted by atomic mass is 31.2. The van der Waals surface area contributed by atoms with Gasteiger partial charge in [0.2, 0.25) is 0 Å². The number of aliphatic hydroxyl groups is 9. The molecule has 3 fully saturated rings. The Bertz CT molecular complexity index is 2530. The Labute approximate surface area is 718 Å². The van der Waals surface area contributed by atoms with Crippen LogP contribution in [0.15, 0.2) is 12.2 Å². The number of esters is 4. The van der Waals surface area contributed by atoms with Gasteiger partial charge in [0.25, 0.3) is 0 Å². The minimum absolute atomic E-state index is 0.00463. The molecule has 0 aromatic carbocycles. The Morgan fingerprint density at radius 3 is 1.09 bits per heavy atom. The number of carbonyl (C=O) groups excluding carboxylic acids is 4. The standard InChI is InChI=1S/C93H173O25P/c1-6-10-14-18-22-25-28-31-33-35-37-40-42-45-52-58-64-76(95)109-69-73(112-78(97)66-60-55-49-48-51-57-63-72(5)62-56-50-21-17-13-9-4)70-111-119(107,108)118-91-89(116-92-86(105)82(101)80(99)74(68-94)113-92)85(104)84(103)88(115-79(98)67-61-54-47-44-41-38-34-32-29-26-23-19-15-11-7-2)90(91)117-93-87(106)83(102)81(100)75(114-93)71-110-77(96)65-59-53-46-43-39-36-30-27-24-20-16-12-8-3/h36,39,72-75,80-94,99-106H,6-35,37-38,40-71H2,1-5H3,(H,107,108)/b39-36-. The normalized spacial score (nSPS) is 25.1. The molecule has 10 N–H and O–H groups in total. The van der Waals surface area contributed by atoms with Crippen molar-refractivity contribution < 1.29 is 122 Å². The van der Waals surface area contributed by atoms with Crippen molar-refractivity contribution >= 4 is 31.7 Å². The number of allylic oxidation sites excluding steroid dienone is 2. The lowest BCUT2D eigenvalue weighted by atomic mass is 9.84. The molecule has 2 saturated heterocycles.